The molecule has 2 aromatic rings. The highest BCUT2D eigenvalue weighted by molar-refractivity contribution is 5.37. The molecule has 1 aromatic carbocycles. The van der Waals surface area contributed by atoms with Crippen molar-refractivity contribution in [2.45, 2.75) is 18.9 Å². The number of benzene rings is 1. The number of para-hydroxylation sites is 1. The van der Waals surface area contributed by atoms with Gasteiger partial charge in [0.05, 0.1) is 12.3 Å². The fourth-order valence-corrected chi connectivity index (χ4v) is 2.43. The van der Waals surface area contributed by atoms with E-state index < -0.39 is 0 Å². The Morgan fingerprint density at radius 2 is 2.21 bits per heavy atom. The molecule has 0 spiro atoms. The first kappa shape index (κ1) is 12.1. The summed E-state index contributed by atoms with van der Waals surface area (Å²) in [5.74, 6) is 1.55. The molecule has 0 bridgehead atoms. The molecule has 0 aliphatic carbocycles. The van der Waals surface area contributed by atoms with E-state index in [0.29, 0.717) is 5.92 Å². The fourth-order valence-electron chi connectivity index (χ4n) is 2.43. The summed E-state index contributed by atoms with van der Waals surface area (Å²) in [6.45, 7) is 2.53. The van der Waals surface area contributed by atoms with Gasteiger partial charge >= 0.3 is 0 Å². The summed E-state index contributed by atoms with van der Waals surface area (Å²) in [5.41, 5.74) is 2.33. The van der Waals surface area contributed by atoms with Crippen LogP contribution in [0, 0.1) is 0 Å². The Kier molecular flexibility index (Phi) is 3.70. The Morgan fingerprint density at radius 1 is 1.26 bits per heavy atom. The van der Waals surface area contributed by atoms with Crippen molar-refractivity contribution < 1.29 is 4.74 Å². The molecule has 0 fully saturated rings. The summed E-state index contributed by atoms with van der Waals surface area (Å²) >= 11 is 0. The van der Waals surface area contributed by atoms with E-state index in [-0.39, 0.29) is 0 Å². The molecule has 1 aliphatic heterocycles. The van der Waals surface area contributed by atoms with E-state index in [1.54, 1.807) is 12.5 Å². The van der Waals surface area contributed by atoms with Crippen LogP contribution in [0.2, 0.25) is 0 Å². The number of fused-ring (bicyclic) bond motifs is 1. The molecule has 2 heterocycles. The minimum Gasteiger partial charge on any atom is -0.493 e. The number of ether oxygens (including phenoxy) is 1. The SMILES string of the molecule is c1ccc2c(c1)OCCC2CNCc1ccncn1. The zero-order valence-corrected chi connectivity index (χ0v) is 10.7. The van der Waals surface area contributed by atoms with Crippen LogP contribution < -0.4 is 10.1 Å². The maximum atomic E-state index is 5.67. The lowest BCUT2D eigenvalue weighted by Gasteiger charge is -2.26. The first-order valence-electron chi connectivity index (χ1n) is 6.61. The standard InChI is InChI=1S/C15H17N3O/c1-2-4-15-14(3-1)12(6-8-19-15)9-17-10-13-5-7-16-11-18-13/h1-5,7,11-12,17H,6,8-10H2. The van der Waals surface area contributed by atoms with E-state index in [2.05, 4.69) is 27.4 Å². The van der Waals surface area contributed by atoms with E-state index in [1.165, 1.54) is 5.56 Å². The van der Waals surface area contributed by atoms with Crippen LogP contribution in [-0.4, -0.2) is 23.1 Å². The van der Waals surface area contributed by atoms with Crippen molar-refractivity contribution in [2.75, 3.05) is 13.2 Å². The van der Waals surface area contributed by atoms with Crippen molar-refractivity contribution in [3.8, 4) is 5.75 Å². The number of aromatic nitrogens is 2. The van der Waals surface area contributed by atoms with Crippen molar-refractivity contribution in [3.63, 3.8) is 0 Å². The summed E-state index contributed by atoms with van der Waals surface area (Å²) in [6, 6.07) is 10.2. The van der Waals surface area contributed by atoms with Crippen LogP contribution >= 0.6 is 0 Å². The van der Waals surface area contributed by atoms with Crippen LogP contribution in [-0.2, 0) is 6.54 Å². The zero-order valence-electron chi connectivity index (χ0n) is 10.7. The van der Waals surface area contributed by atoms with Crippen molar-refractivity contribution in [1.29, 1.82) is 0 Å². The van der Waals surface area contributed by atoms with Gasteiger partial charge in [-0.1, -0.05) is 18.2 Å². The lowest BCUT2D eigenvalue weighted by atomic mass is 9.93. The van der Waals surface area contributed by atoms with E-state index in [1.807, 2.05) is 18.2 Å². The van der Waals surface area contributed by atoms with Gasteiger partial charge in [0.15, 0.2) is 0 Å². The van der Waals surface area contributed by atoms with Crippen molar-refractivity contribution in [2.24, 2.45) is 0 Å². The topological polar surface area (TPSA) is 47.0 Å². The lowest BCUT2D eigenvalue weighted by molar-refractivity contribution is 0.264. The number of hydrogen-bond acceptors (Lipinski definition) is 4. The third kappa shape index (κ3) is 2.90. The van der Waals surface area contributed by atoms with E-state index >= 15 is 0 Å². The molecule has 4 nitrogen and oxygen atoms in total. The maximum absolute atomic E-state index is 5.67. The Labute approximate surface area is 112 Å². The van der Waals surface area contributed by atoms with Gasteiger partial charge in [-0.15, -0.1) is 0 Å². The molecule has 4 heteroatoms. The average molecular weight is 255 g/mol. The van der Waals surface area contributed by atoms with Gasteiger partial charge in [-0.3, -0.25) is 0 Å². The second-order valence-electron chi connectivity index (χ2n) is 4.70. The highest BCUT2D eigenvalue weighted by Gasteiger charge is 2.20. The quantitative estimate of drug-likeness (QED) is 0.909. The minimum absolute atomic E-state index is 0.520. The molecule has 3 rings (SSSR count). The normalized spacial score (nSPS) is 17.6. The first-order chi connectivity index (χ1) is 9.43. The number of rotatable bonds is 4. The molecule has 98 valence electrons. The largest absolute Gasteiger partial charge is 0.493 e. The number of nitrogens with one attached hydrogen (secondary N) is 1. The zero-order chi connectivity index (χ0) is 12.9. The molecule has 0 amide bonds. The van der Waals surface area contributed by atoms with E-state index in [0.717, 1.165) is 37.6 Å². The molecule has 1 aromatic heterocycles. The van der Waals surface area contributed by atoms with Gasteiger partial charge in [-0.2, -0.15) is 0 Å². The number of hydrogen-bond donors (Lipinski definition) is 1. The van der Waals surface area contributed by atoms with Crippen LogP contribution in [0.5, 0.6) is 5.75 Å². The van der Waals surface area contributed by atoms with Gasteiger partial charge in [-0.05, 0) is 24.1 Å². The Balaban J connectivity index is 1.59. The van der Waals surface area contributed by atoms with Gasteiger partial charge in [-0.25, -0.2) is 9.97 Å². The van der Waals surface area contributed by atoms with E-state index in [4.69, 9.17) is 4.74 Å². The second-order valence-corrected chi connectivity index (χ2v) is 4.70. The molecular weight excluding hydrogens is 238 g/mol. The first-order valence-corrected chi connectivity index (χ1v) is 6.61. The van der Waals surface area contributed by atoms with Crippen molar-refractivity contribution >= 4 is 0 Å². The van der Waals surface area contributed by atoms with Gasteiger partial charge in [0.25, 0.3) is 0 Å². The lowest BCUT2D eigenvalue weighted by Crippen LogP contribution is -2.25. The predicted molar refractivity (Wildman–Crippen MR) is 73.0 cm³/mol. The van der Waals surface area contributed by atoms with Gasteiger partial charge in [0, 0.05) is 25.2 Å². The van der Waals surface area contributed by atoms with Crippen LogP contribution in [0.25, 0.3) is 0 Å². The average Bonchev–Trinajstić information content (AvgIpc) is 2.49. The summed E-state index contributed by atoms with van der Waals surface area (Å²) < 4.78 is 5.67. The summed E-state index contributed by atoms with van der Waals surface area (Å²) in [6.07, 6.45) is 4.42. The Hall–Kier alpha value is -1.94. The van der Waals surface area contributed by atoms with Crippen LogP contribution in [0.4, 0.5) is 0 Å². The molecule has 1 unspecified atom stereocenters. The Morgan fingerprint density at radius 3 is 3.11 bits per heavy atom. The molecule has 0 saturated carbocycles. The molecule has 19 heavy (non-hydrogen) atoms. The van der Waals surface area contributed by atoms with E-state index in [9.17, 15) is 0 Å². The molecule has 1 atom stereocenters. The maximum Gasteiger partial charge on any atom is 0.122 e. The predicted octanol–water partition coefficient (Wildman–Crippen LogP) is 2.13. The smallest absolute Gasteiger partial charge is 0.122 e. The Bertz CT molecular complexity index is 530. The third-order valence-electron chi connectivity index (χ3n) is 3.42. The minimum atomic E-state index is 0.520. The van der Waals surface area contributed by atoms with Crippen LogP contribution in [0.3, 0.4) is 0 Å². The third-order valence-corrected chi connectivity index (χ3v) is 3.42. The van der Waals surface area contributed by atoms with Crippen LogP contribution in [0.15, 0.2) is 42.9 Å². The molecule has 1 N–H and O–H groups in total. The molecule has 0 saturated heterocycles. The highest BCUT2D eigenvalue weighted by Crippen LogP contribution is 2.32. The fraction of sp³-hybridized carbons (Fsp3) is 0.333. The summed E-state index contributed by atoms with van der Waals surface area (Å²) in [5, 5.41) is 3.47. The van der Waals surface area contributed by atoms with Gasteiger partial charge < -0.3 is 10.1 Å². The molecule has 1 aliphatic rings. The van der Waals surface area contributed by atoms with Crippen molar-refractivity contribution in [3.05, 3.63) is 54.1 Å². The van der Waals surface area contributed by atoms with Crippen LogP contribution in [0.1, 0.15) is 23.6 Å². The van der Waals surface area contributed by atoms with Gasteiger partial charge in [0.1, 0.15) is 12.1 Å². The second kappa shape index (κ2) is 5.80. The summed E-state index contributed by atoms with van der Waals surface area (Å²) in [7, 11) is 0. The van der Waals surface area contributed by atoms with Crippen molar-refractivity contribution in [1.82, 2.24) is 15.3 Å². The molecule has 0 radical (unpaired) electrons. The molecular formula is C15H17N3O. The monoisotopic (exact) mass is 255 g/mol. The summed E-state index contributed by atoms with van der Waals surface area (Å²) in [4.78, 5) is 8.13. The van der Waals surface area contributed by atoms with Gasteiger partial charge in [0.2, 0.25) is 0 Å². The highest BCUT2D eigenvalue weighted by atomic mass is 16.5. The number of nitrogens with zero attached hydrogens (tertiary/aromatic N) is 2.